The van der Waals surface area contributed by atoms with Crippen LogP contribution in [0, 0.1) is 5.82 Å². The number of alkyl halides is 3. The number of hydrogen-bond acceptors (Lipinski definition) is 5. The number of anilines is 2. The van der Waals surface area contributed by atoms with Gasteiger partial charge in [0, 0.05) is 11.1 Å². The molecule has 26 heavy (non-hydrogen) atoms. The lowest BCUT2D eigenvalue weighted by molar-refractivity contribution is -0.139. The summed E-state index contributed by atoms with van der Waals surface area (Å²) in [6.45, 7) is 0. The topological polar surface area (TPSA) is 64.1 Å². The third-order valence-corrected chi connectivity index (χ3v) is 3.49. The third-order valence-electron chi connectivity index (χ3n) is 3.49. The summed E-state index contributed by atoms with van der Waals surface area (Å²) in [5, 5.41) is 2.21. The van der Waals surface area contributed by atoms with Crippen molar-refractivity contribution in [3.63, 3.8) is 0 Å². The second kappa shape index (κ2) is 6.58. The van der Waals surface area contributed by atoms with Crippen LogP contribution in [-0.4, -0.2) is 23.0 Å². The third kappa shape index (κ3) is 3.56. The first kappa shape index (κ1) is 17.6. The summed E-state index contributed by atoms with van der Waals surface area (Å²) in [4.78, 5) is 18.8. The van der Waals surface area contributed by atoms with E-state index in [4.69, 9.17) is 0 Å². The van der Waals surface area contributed by atoms with Gasteiger partial charge in [0.2, 0.25) is 5.95 Å². The number of nitrogens with zero attached hydrogens (tertiary/aromatic N) is 2. The van der Waals surface area contributed by atoms with Crippen LogP contribution in [0.5, 0.6) is 0 Å². The maximum absolute atomic E-state index is 13.3. The number of esters is 1. The Hall–Kier alpha value is -3.23. The molecule has 3 rings (SSSR count). The highest BCUT2D eigenvalue weighted by atomic mass is 19.4. The molecule has 0 bridgehead atoms. The molecule has 0 amide bonds. The summed E-state index contributed by atoms with van der Waals surface area (Å²) in [7, 11) is 1.24. The van der Waals surface area contributed by atoms with Crippen LogP contribution in [0.25, 0.3) is 10.9 Å². The summed E-state index contributed by atoms with van der Waals surface area (Å²) in [5.41, 5.74) is -0.644. The number of fused-ring (bicyclic) bond motifs is 1. The quantitative estimate of drug-likeness (QED) is 0.553. The van der Waals surface area contributed by atoms with Gasteiger partial charge in [0.05, 0.1) is 18.2 Å². The van der Waals surface area contributed by atoms with Gasteiger partial charge in [-0.05, 0) is 42.5 Å². The Labute approximate surface area is 144 Å². The van der Waals surface area contributed by atoms with Crippen molar-refractivity contribution in [2.24, 2.45) is 0 Å². The lowest BCUT2D eigenvalue weighted by Crippen LogP contribution is -2.12. The lowest BCUT2D eigenvalue weighted by Gasteiger charge is -2.12. The fourth-order valence-corrected chi connectivity index (χ4v) is 2.31. The fourth-order valence-electron chi connectivity index (χ4n) is 2.31. The maximum Gasteiger partial charge on any atom is 0.434 e. The molecule has 0 radical (unpaired) electrons. The predicted molar refractivity (Wildman–Crippen MR) is 85.6 cm³/mol. The number of ether oxygens (including phenoxy) is 1. The van der Waals surface area contributed by atoms with Crippen LogP contribution in [-0.2, 0) is 10.9 Å². The number of hydrogen-bond donors (Lipinski definition) is 1. The zero-order chi connectivity index (χ0) is 18.9. The van der Waals surface area contributed by atoms with Crippen molar-refractivity contribution in [1.29, 1.82) is 0 Å². The molecule has 134 valence electrons. The van der Waals surface area contributed by atoms with Gasteiger partial charge >= 0.3 is 12.1 Å². The molecular weight excluding hydrogens is 354 g/mol. The van der Waals surface area contributed by atoms with Crippen LogP contribution in [0.4, 0.5) is 29.2 Å². The van der Waals surface area contributed by atoms with E-state index in [1.165, 1.54) is 31.4 Å². The highest BCUT2D eigenvalue weighted by Gasteiger charge is 2.35. The van der Waals surface area contributed by atoms with Crippen molar-refractivity contribution < 1.29 is 27.1 Å². The van der Waals surface area contributed by atoms with E-state index in [1.54, 1.807) is 0 Å². The highest BCUT2D eigenvalue weighted by molar-refractivity contribution is 5.89. The standard InChI is InChI=1S/C17H11F4N3O2/c1-26-15(25)9-2-5-11(6-3-9)22-16-23-13-7-4-10(18)8-12(13)14(24-16)17(19,20)21/h2-8H,1H3,(H,22,23,24). The van der Waals surface area contributed by atoms with Gasteiger partial charge < -0.3 is 10.1 Å². The Balaban J connectivity index is 2.00. The first-order valence-corrected chi connectivity index (χ1v) is 7.28. The molecule has 1 aromatic heterocycles. The molecule has 3 aromatic rings. The summed E-state index contributed by atoms with van der Waals surface area (Å²) in [6, 6.07) is 8.73. The number of benzene rings is 2. The van der Waals surface area contributed by atoms with E-state index in [-0.39, 0.29) is 17.0 Å². The molecule has 1 N–H and O–H groups in total. The summed E-state index contributed by atoms with van der Waals surface area (Å²) in [5.74, 6) is -1.66. The van der Waals surface area contributed by atoms with Crippen molar-refractivity contribution in [2.45, 2.75) is 6.18 Å². The Bertz CT molecular complexity index is 972. The van der Waals surface area contributed by atoms with Gasteiger partial charge in [0.1, 0.15) is 5.82 Å². The number of aromatic nitrogens is 2. The van der Waals surface area contributed by atoms with Gasteiger partial charge in [-0.2, -0.15) is 13.2 Å². The largest absolute Gasteiger partial charge is 0.465 e. The van der Waals surface area contributed by atoms with E-state index in [0.717, 1.165) is 18.2 Å². The SMILES string of the molecule is COC(=O)c1ccc(Nc2nc(C(F)(F)F)c3cc(F)ccc3n2)cc1. The van der Waals surface area contributed by atoms with Crippen molar-refractivity contribution in [1.82, 2.24) is 9.97 Å². The zero-order valence-electron chi connectivity index (χ0n) is 13.3. The molecule has 0 atom stereocenters. The van der Waals surface area contributed by atoms with Gasteiger partial charge in [0.15, 0.2) is 5.69 Å². The average Bonchev–Trinajstić information content (AvgIpc) is 2.60. The van der Waals surface area contributed by atoms with Crippen LogP contribution in [0.3, 0.4) is 0 Å². The van der Waals surface area contributed by atoms with E-state index in [2.05, 4.69) is 20.0 Å². The van der Waals surface area contributed by atoms with E-state index in [1.807, 2.05) is 0 Å². The molecule has 2 aromatic carbocycles. The van der Waals surface area contributed by atoms with Crippen molar-refractivity contribution in [3.8, 4) is 0 Å². The zero-order valence-corrected chi connectivity index (χ0v) is 13.3. The van der Waals surface area contributed by atoms with Crippen LogP contribution < -0.4 is 5.32 Å². The van der Waals surface area contributed by atoms with Gasteiger partial charge in [-0.15, -0.1) is 0 Å². The number of halogens is 4. The second-order valence-corrected chi connectivity index (χ2v) is 5.25. The molecule has 5 nitrogen and oxygen atoms in total. The number of nitrogens with one attached hydrogen (secondary N) is 1. The molecule has 0 saturated carbocycles. The first-order chi connectivity index (χ1) is 12.3. The Kier molecular flexibility index (Phi) is 4.45. The van der Waals surface area contributed by atoms with E-state index >= 15 is 0 Å². The van der Waals surface area contributed by atoms with Crippen LogP contribution in [0.15, 0.2) is 42.5 Å². The summed E-state index contributed by atoms with van der Waals surface area (Å²) >= 11 is 0. The van der Waals surface area contributed by atoms with Crippen molar-refractivity contribution >= 4 is 28.5 Å². The molecule has 0 spiro atoms. The highest BCUT2D eigenvalue weighted by Crippen LogP contribution is 2.34. The molecule has 0 saturated heterocycles. The van der Waals surface area contributed by atoms with Crippen molar-refractivity contribution in [3.05, 3.63) is 59.5 Å². The van der Waals surface area contributed by atoms with E-state index in [9.17, 15) is 22.4 Å². The van der Waals surface area contributed by atoms with Gasteiger partial charge in [-0.3, -0.25) is 0 Å². The molecule has 0 aliphatic carbocycles. The number of carbonyl (C=O) groups is 1. The lowest BCUT2D eigenvalue weighted by atomic mass is 10.1. The van der Waals surface area contributed by atoms with Crippen molar-refractivity contribution in [2.75, 3.05) is 12.4 Å². The minimum Gasteiger partial charge on any atom is -0.465 e. The molecule has 0 aliphatic heterocycles. The molecular formula is C17H11F4N3O2. The van der Waals surface area contributed by atoms with Gasteiger partial charge in [-0.1, -0.05) is 0 Å². The molecule has 1 heterocycles. The maximum atomic E-state index is 13.3. The Morgan fingerprint density at radius 1 is 1.08 bits per heavy atom. The molecule has 0 unspecified atom stereocenters. The van der Waals surface area contributed by atoms with Crippen LogP contribution >= 0.6 is 0 Å². The fraction of sp³-hybridized carbons (Fsp3) is 0.118. The smallest absolute Gasteiger partial charge is 0.434 e. The second-order valence-electron chi connectivity index (χ2n) is 5.25. The molecule has 9 heteroatoms. The number of carbonyl (C=O) groups excluding carboxylic acids is 1. The number of rotatable bonds is 3. The van der Waals surface area contributed by atoms with Crippen LogP contribution in [0.2, 0.25) is 0 Å². The Morgan fingerprint density at radius 2 is 1.77 bits per heavy atom. The van der Waals surface area contributed by atoms with E-state index < -0.39 is 29.0 Å². The first-order valence-electron chi connectivity index (χ1n) is 7.28. The van der Waals surface area contributed by atoms with Gasteiger partial charge in [-0.25, -0.2) is 19.2 Å². The Morgan fingerprint density at radius 3 is 2.38 bits per heavy atom. The molecule has 0 aliphatic rings. The monoisotopic (exact) mass is 365 g/mol. The summed E-state index contributed by atoms with van der Waals surface area (Å²) < 4.78 is 57.6. The van der Waals surface area contributed by atoms with E-state index in [0.29, 0.717) is 5.69 Å². The average molecular weight is 365 g/mol. The van der Waals surface area contributed by atoms with Crippen LogP contribution in [0.1, 0.15) is 16.1 Å². The number of methoxy groups -OCH3 is 1. The predicted octanol–water partition coefficient (Wildman–Crippen LogP) is 4.32. The molecule has 0 fully saturated rings. The summed E-state index contributed by atoms with van der Waals surface area (Å²) in [6.07, 6.45) is -4.78. The minimum atomic E-state index is -4.78. The normalized spacial score (nSPS) is 11.4. The van der Waals surface area contributed by atoms with Gasteiger partial charge in [0.25, 0.3) is 0 Å². The minimum absolute atomic E-state index is 0.0533.